The van der Waals surface area contributed by atoms with Crippen molar-refractivity contribution in [3.8, 4) is 0 Å². The molecule has 0 N–H and O–H groups in total. The predicted octanol–water partition coefficient (Wildman–Crippen LogP) is 3.66. The monoisotopic (exact) mass is 356 g/mol. The molecule has 1 saturated heterocycles. The van der Waals surface area contributed by atoms with Crippen LogP contribution in [0.5, 0.6) is 0 Å². The molecule has 0 aromatic heterocycles. The molecule has 0 saturated carbocycles. The van der Waals surface area contributed by atoms with E-state index >= 15 is 0 Å². The Morgan fingerprint density at radius 2 is 1.96 bits per heavy atom. The van der Waals surface area contributed by atoms with Gasteiger partial charge in [0.15, 0.2) is 0 Å². The largest absolute Gasteiger partial charge is 0.341 e. The second-order valence-electron chi connectivity index (χ2n) is 6.52. The number of hydrogen-bond acceptors (Lipinski definition) is 2. The molecule has 130 valence electrons. The van der Waals surface area contributed by atoms with E-state index in [-0.39, 0.29) is 24.2 Å². The van der Waals surface area contributed by atoms with Crippen LogP contribution in [0.15, 0.2) is 48.5 Å². The average molecular weight is 357 g/mol. The summed E-state index contributed by atoms with van der Waals surface area (Å²) in [7, 11) is 1.78. The normalized spacial score (nSPS) is 17.0. The third-order valence-electron chi connectivity index (χ3n) is 4.58. The minimum Gasteiger partial charge on any atom is -0.341 e. The highest BCUT2D eigenvalue weighted by Gasteiger charge is 2.36. The molecule has 2 amide bonds. The quantitative estimate of drug-likeness (QED) is 0.838. The molecule has 1 aliphatic heterocycles. The number of amides is 2. The first kappa shape index (κ1) is 17.5. The highest BCUT2D eigenvalue weighted by molar-refractivity contribution is 6.31. The maximum absolute atomic E-state index is 12.7. The molecule has 2 aromatic rings. The lowest BCUT2D eigenvalue weighted by Crippen LogP contribution is -2.34. The number of hydrogen-bond donors (Lipinski definition) is 0. The average Bonchev–Trinajstić information content (AvgIpc) is 2.99. The molecular formula is C20H21ClN2O2. The number of rotatable bonds is 4. The lowest BCUT2D eigenvalue weighted by atomic mass is 10.1. The fourth-order valence-corrected chi connectivity index (χ4v) is 3.29. The molecule has 5 heteroatoms. The van der Waals surface area contributed by atoms with Crippen LogP contribution in [-0.2, 0) is 16.1 Å². The summed E-state index contributed by atoms with van der Waals surface area (Å²) in [5.74, 6) is -0.356. The van der Waals surface area contributed by atoms with Crippen LogP contribution in [0.2, 0.25) is 5.02 Å². The van der Waals surface area contributed by atoms with Crippen molar-refractivity contribution in [2.75, 3.05) is 18.5 Å². The molecule has 0 radical (unpaired) electrons. The molecule has 0 unspecified atom stereocenters. The maximum Gasteiger partial charge on any atom is 0.228 e. The van der Waals surface area contributed by atoms with Crippen molar-refractivity contribution in [1.82, 2.24) is 4.90 Å². The summed E-state index contributed by atoms with van der Waals surface area (Å²) in [6.07, 6.45) is 0.240. The fraction of sp³-hybridized carbons (Fsp3) is 0.300. The Bertz CT molecular complexity index is 792. The number of aryl methyl sites for hydroxylation is 1. The summed E-state index contributed by atoms with van der Waals surface area (Å²) in [4.78, 5) is 28.4. The van der Waals surface area contributed by atoms with Crippen LogP contribution in [0, 0.1) is 12.8 Å². The molecule has 1 aliphatic rings. The minimum absolute atomic E-state index is 0.00193. The second-order valence-corrected chi connectivity index (χ2v) is 6.93. The topological polar surface area (TPSA) is 40.6 Å². The van der Waals surface area contributed by atoms with Gasteiger partial charge in [-0.2, -0.15) is 0 Å². The van der Waals surface area contributed by atoms with Gasteiger partial charge in [-0.15, -0.1) is 0 Å². The summed E-state index contributed by atoms with van der Waals surface area (Å²) in [6, 6.07) is 15.4. The van der Waals surface area contributed by atoms with E-state index in [1.54, 1.807) is 22.9 Å². The van der Waals surface area contributed by atoms with Crippen molar-refractivity contribution in [3.63, 3.8) is 0 Å². The smallest absolute Gasteiger partial charge is 0.228 e. The third kappa shape index (κ3) is 3.85. The lowest BCUT2D eigenvalue weighted by molar-refractivity contribution is -0.135. The summed E-state index contributed by atoms with van der Waals surface area (Å²) in [5.41, 5.74) is 2.79. The highest BCUT2D eigenvalue weighted by atomic mass is 35.5. The van der Waals surface area contributed by atoms with Crippen LogP contribution in [0.4, 0.5) is 5.69 Å². The number of carbonyl (C=O) groups excluding carboxylic acids is 2. The Balaban J connectivity index is 1.69. The van der Waals surface area contributed by atoms with E-state index in [1.807, 2.05) is 49.4 Å². The predicted molar refractivity (Wildman–Crippen MR) is 99.6 cm³/mol. The maximum atomic E-state index is 12.7. The zero-order chi connectivity index (χ0) is 18.0. The van der Waals surface area contributed by atoms with Crippen LogP contribution in [0.25, 0.3) is 0 Å². The Kier molecular flexibility index (Phi) is 5.09. The molecule has 0 aliphatic carbocycles. The third-order valence-corrected chi connectivity index (χ3v) is 4.99. The van der Waals surface area contributed by atoms with Gasteiger partial charge in [0.05, 0.1) is 5.92 Å². The molecular weight excluding hydrogens is 336 g/mol. The van der Waals surface area contributed by atoms with Gasteiger partial charge in [-0.25, -0.2) is 0 Å². The minimum atomic E-state index is -0.318. The molecule has 3 rings (SSSR count). The SMILES string of the molecule is Cc1ccc(N2C[C@@H](C(=O)N(C)Cc3ccccc3)CC2=O)cc1Cl. The van der Waals surface area contributed by atoms with E-state index in [2.05, 4.69) is 0 Å². The lowest BCUT2D eigenvalue weighted by Gasteiger charge is -2.22. The summed E-state index contributed by atoms with van der Waals surface area (Å²) >= 11 is 6.17. The van der Waals surface area contributed by atoms with Gasteiger partial charge in [0, 0.05) is 37.3 Å². The van der Waals surface area contributed by atoms with Crippen LogP contribution >= 0.6 is 11.6 Å². The Morgan fingerprint density at radius 3 is 2.64 bits per heavy atom. The van der Waals surface area contributed by atoms with Crippen molar-refractivity contribution in [2.45, 2.75) is 19.9 Å². The molecule has 2 aromatic carbocycles. The van der Waals surface area contributed by atoms with Crippen LogP contribution < -0.4 is 4.90 Å². The molecule has 0 bridgehead atoms. The molecule has 1 fully saturated rings. The number of benzene rings is 2. The van der Waals surface area contributed by atoms with Crippen molar-refractivity contribution in [2.24, 2.45) is 5.92 Å². The van der Waals surface area contributed by atoms with Crippen molar-refractivity contribution < 1.29 is 9.59 Å². The first-order valence-electron chi connectivity index (χ1n) is 8.31. The zero-order valence-electron chi connectivity index (χ0n) is 14.4. The summed E-state index contributed by atoms with van der Waals surface area (Å²) < 4.78 is 0. The molecule has 25 heavy (non-hydrogen) atoms. The van der Waals surface area contributed by atoms with E-state index in [0.29, 0.717) is 18.1 Å². The van der Waals surface area contributed by atoms with Crippen LogP contribution in [0.1, 0.15) is 17.5 Å². The highest BCUT2D eigenvalue weighted by Crippen LogP contribution is 2.29. The fourth-order valence-electron chi connectivity index (χ4n) is 3.12. The van der Waals surface area contributed by atoms with Crippen molar-refractivity contribution in [1.29, 1.82) is 0 Å². The molecule has 1 atom stereocenters. The number of nitrogens with zero attached hydrogens (tertiary/aromatic N) is 2. The van der Waals surface area contributed by atoms with Gasteiger partial charge in [-0.05, 0) is 30.2 Å². The molecule has 1 heterocycles. The number of anilines is 1. The number of carbonyl (C=O) groups is 2. The van der Waals surface area contributed by atoms with E-state index in [4.69, 9.17) is 11.6 Å². The standard InChI is InChI=1S/C20H21ClN2O2/c1-14-8-9-17(11-18(14)21)23-13-16(10-19(23)24)20(25)22(2)12-15-6-4-3-5-7-15/h3-9,11,16H,10,12-13H2,1-2H3/t16-/m0/s1. The molecule has 4 nitrogen and oxygen atoms in total. The van der Waals surface area contributed by atoms with Gasteiger partial charge < -0.3 is 9.80 Å². The van der Waals surface area contributed by atoms with Gasteiger partial charge in [-0.3, -0.25) is 9.59 Å². The Labute approximate surface area is 153 Å². The van der Waals surface area contributed by atoms with Gasteiger partial charge in [0.25, 0.3) is 0 Å². The first-order chi connectivity index (χ1) is 12.0. The van der Waals surface area contributed by atoms with Crippen molar-refractivity contribution in [3.05, 3.63) is 64.7 Å². The van der Waals surface area contributed by atoms with Crippen LogP contribution in [-0.4, -0.2) is 30.3 Å². The van der Waals surface area contributed by atoms with Gasteiger partial charge >= 0.3 is 0 Å². The van der Waals surface area contributed by atoms with Crippen LogP contribution in [0.3, 0.4) is 0 Å². The van der Waals surface area contributed by atoms with E-state index in [9.17, 15) is 9.59 Å². The van der Waals surface area contributed by atoms with E-state index < -0.39 is 0 Å². The van der Waals surface area contributed by atoms with E-state index in [1.165, 1.54) is 0 Å². The van der Waals surface area contributed by atoms with Gasteiger partial charge in [-0.1, -0.05) is 48.0 Å². The van der Waals surface area contributed by atoms with E-state index in [0.717, 1.165) is 16.8 Å². The summed E-state index contributed by atoms with van der Waals surface area (Å²) in [6.45, 7) is 2.86. The van der Waals surface area contributed by atoms with Gasteiger partial charge in [0.2, 0.25) is 11.8 Å². The number of halogens is 1. The van der Waals surface area contributed by atoms with Gasteiger partial charge in [0.1, 0.15) is 0 Å². The zero-order valence-corrected chi connectivity index (χ0v) is 15.2. The summed E-state index contributed by atoms with van der Waals surface area (Å²) in [5, 5.41) is 0.626. The Morgan fingerprint density at radius 1 is 1.24 bits per heavy atom. The van der Waals surface area contributed by atoms with Crippen molar-refractivity contribution >= 4 is 29.1 Å². The second kappa shape index (κ2) is 7.28. The first-order valence-corrected chi connectivity index (χ1v) is 8.69. The Hall–Kier alpha value is -2.33. The molecule has 0 spiro atoms.